The maximum absolute atomic E-state index is 6.07. The molecule has 0 saturated heterocycles. The molecule has 0 radical (unpaired) electrons. The molecule has 2 atom stereocenters. The highest BCUT2D eigenvalue weighted by atomic mass is 35.5. The maximum Gasteiger partial charge on any atom is 0.0409 e. The van der Waals surface area contributed by atoms with E-state index in [1.165, 1.54) is 18.4 Å². The second-order valence-electron chi connectivity index (χ2n) is 5.05. The van der Waals surface area contributed by atoms with Gasteiger partial charge in [0.25, 0.3) is 0 Å². The van der Waals surface area contributed by atoms with E-state index in [1.54, 1.807) is 0 Å². The lowest BCUT2D eigenvalue weighted by molar-refractivity contribution is 0.319. The van der Waals surface area contributed by atoms with E-state index in [2.05, 4.69) is 45.1 Å². The zero-order valence-electron chi connectivity index (χ0n) is 12.0. The summed E-state index contributed by atoms with van der Waals surface area (Å²) in [5.41, 5.74) is 1.29. The van der Waals surface area contributed by atoms with Gasteiger partial charge in [-0.05, 0) is 37.0 Å². The Balaban J connectivity index is 2.72. The van der Waals surface area contributed by atoms with Crippen LogP contribution in [0.15, 0.2) is 24.3 Å². The number of hydrogen-bond acceptors (Lipinski definition) is 1. The van der Waals surface area contributed by atoms with Crippen LogP contribution in [0.5, 0.6) is 0 Å². The van der Waals surface area contributed by atoms with Crippen molar-refractivity contribution in [2.24, 2.45) is 5.92 Å². The number of nitrogens with one attached hydrogen (secondary N) is 1. The molecular formula is C16H26ClN. The van der Waals surface area contributed by atoms with E-state index in [4.69, 9.17) is 11.6 Å². The predicted octanol–water partition coefficient (Wildman–Crippen LogP) is 5.21. The molecule has 0 aromatic heterocycles. The third-order valence-corrected chi connectivity index (χ3v) is 4.11. The van der Waals surface area contributed by atoms with E-state index in [-0.39, 0.29) is 0 Å². The fraction of sp³-hybridized carbons (Fsp3) is 0.625. The predicted molar refractivity (Wildman–Crippen MR) is 81.2 cm³/mol. The SMILES string of the molecule is CCC(NC(C)C(CC)CC)c1cccc(Cl)c1. The second kappa shape index (κ2) is 7.81. The Morgan fingerprint density at radius 1 is 1.11 bits per heavy atom. The molecule has 0 fully saturated rings. The van der Waals surface area contributed by atoms with Crippen molar-refractivity contribution >= 4 is 11.6 Å². The van der Waals surface area contributed by atoms with Crippen molar-refractivity contribution in [3.05, 3.63) is 34.9 Å². The summed E-state index contributed by atoms with van der Waals surface area (Å²) in [6, 6.07) is 9.14. The quantitative estimate of drug-likeness (QED) is 0.715. The number of rotatable bonds is 7. The van der Waals surface area contributed by atoms with Crippen LogP contribution in [0.2, 0.25) is 5.02 Å². The Morgan fingerprint density at radius 3 is 2.28 bits per heavy atom. The van der Waals surface area contributed by atoms with Crippen LogP contribution >= 0.6 is 11.6 Å². The van der Waals surface area contributed by atoms with E-state index in [0.717, 1.165) is 17.4 Å². The summed E-state index contributed by atoms with van der Waals surface area (Å²) in [6.45, 7) is 9.06. The second-order valence-corrected chi connectivity index (χ2v) is 5.48. The van der Waals surface area contributed by atoms with Gasteiger partial charge < -0.3 is 5.32 Å². The molecule has 0 bridgehead atoms. The van der Waals surface area contributed by atoms with Gasteiger partial charge in [-0.25, -0.2) is 0 Å². The summed E-state index contributed by atoms with van der Waals surface area (Å²) in [5, 5.41) is 4.58. The molecule has 1 rings (SSSR count). The van der Waals surface area contributed by atoms with Gasteiger partial charge in [-0.3, -0.25) is 0 Å². The van der Waals surface area contributed by atoms with Gasteiger partial charge in [0, 0.05) is 17.1 Å². The average molecular weight is 268 g/mol. The monoisotopic (exact) mass is 267 g/mol. The van der Waals surface area contributed by atoms with Gasteiger partial charge >= 0.3 is 0 Å². The topological polar surface area (TPSA) is 12.0 Å². The number of benzene rings is 1. The molecule has 102 valence electrons. The molecule has 18 heavy (non-hydrogen) atoms. The Kier molecular flexibility index (Phi) is 6.73. The maximum atomic E-state index is 6.07. The molecule has 0 aliphatic carbocycles. The van der Waals surface area contributed by atoms with Gasteiger partial charge in [0.15, 0.2) is 0 Å². The zero-order valence-corrected chi connectivity index (χ0v) is 12.8. The number of hydrogen-bond donors (Lipinski definition) is 1. The molecule has 0 aliphatic rings. The van der Waals surface area contributed by atoms with Gasteiger partial charge in [-0.1, -0.05) is 57.3 Å². The van der Waals surface area contributed by atoms with Crippen LogP contribution in [0.3, 0.4) is 0 Å². The van der Waals surface area contributed by atoms with Crippen LogP contribution < -0.4 is 5.32 Å². The van der Waals surface area contributed by atoms with Crippen LogP contribution in [-0.4, -0.2) is 6.04 Å². The third-order valence-electron chi connectivity index (χ3n) is 3.88. The highest BCUT2D eigenvalue weighted by molar-refractivity contribution is 6.30. The minimum atomic E-state index is 0.402. The third kappa shape index (κ3) is 4.29. The van der Waals surface area contributed by atoms with Crippen molar-refractivity contribution in [3.8, 4) is 0 Å². The Bertz CT molecular complexity index is 347. The first-order chi connectivity index (χ1) is 8.62. The smallest absolute Gasteiger partial charge is 0.0409 e. The molecule has 0 amide bonds. The minimum absolute atomic E-state index is 0.402. The molecule has 1 aromatic carbocycles. The van der Waals surface area contributed by atoms with Crippen molar-refractivity contribution in [1.82, 2.24) is 5.32 Å². The summed E-state index contributed by atoms with van der Waals surface area (Å²) in [6.07, 6.45) is 3.55. The minimum Gasteiger partial charge on any atom is -0.307 e. The standard InChI is InChI=1S/C16H26ClN/c1-5-13(6-2)12(4)18-16(7-3)14-9-8-10-15(17)11-14/h8-13,16,18H,5-7H2,1-4H3. The Morgan fingerprint density at radius 2 is 1.78 bits per heavy atom. The summed E-state index contributed by atoms with van der Waals surface area (Å²) in [7, 11) is 0. The lowest BCUT2D eigenvalue weighted by Crippen LogP contribution is -2.35. The van der Waals surface area contributed by atoms with Crippen LogP contribution in [0.4, 0.5) is 0 Å². The van der Waals surface area contributed by atoms with Gasteiger partial charge in [-0.15, -0.1) is 0 Å². The average Bonchev–Trinajstić information content (AvgIpc) is 2.37. The summed E-state index contributed by atoms with van der Waals surface area (Å²) in [4.78, 5) is 0. The first kappa shape index (κ1) is 15.5. The van der Waals surface area contributed by atoms with Gasteiger partial charge in [0.2, 0.25) is 0 Å². The highest BCUT2D eigenvalue weighted by Crippen LogP contribution is 2.23. The summed E-state index contributed by atoms with van der Waals surface area (Å²) >= 11 is 6.07. The largest absolute Gasteiger partial charge is 0.307 e. The molecule has 1 nitrogen and oxygen atoms in total. The van der Waals surface area contributed by atoms with Crippen molar-refractivity contribution in [1.29, 1.82) is 0 Å². The lowest BCUT2D eigenvalue weighted by Gasteiger charge is -2.28. The van der Waals surface area contributed by atoms with E-state index < -0.39 is 0 Å². The lowest BCUT2D eigenvalue weighted by atomic mass is 9.93. The van der Waals surface area contributed by atoms with E-state index in [0.29, 0.717) is 12.1 Å². The molecule has 0 heterocycles. The van der Waals surface area contributed by atoms with Gasteiger partial charge in [0.05, 0.1) is 0 Å². The van der Waals surface area contributed by atoms with Crippen LogP contribution in [0.1, 0.15) is 58.6 Å². The highest BCUT2D eigenvalue weighted by Gasteiger charge is 2.18. The fourth-order valence-corrected chi connectivity index (χ4v) is 2.82. The van der Waals surface area contributed by atoms with Crippen LogP contribution in [-0.2, 0) is 0 Å². The molecule has 0 aliphatic heterocycles. The van der Waals surface area contributed by atoms with Crippen molar-refractivity contribution in [3.63, 3.8) is 0 Å². The molecule has 1 aromatic rings. The van der Waals surface area contributed by atoms with Crippen LogP contribution in [0, 0.1) is 5.92 Å². The number of halogens is 1. The van der Waals surface area contributed by atoms with Crippen molar-refractivity contribution in [2.75, 3.05) is 0 Å². The first-order valence-corrected chi connectivity index (χ1v) is 7.51. The molecule has 2 heteroatoms. The molecule has 0 spiro atoms. The Hall–Kier alpha value is -0.530. The molecule has 2 unspecified atom stereocenters. The zero-order chi connectivity index (χ0) is 13.5. The fourth-order valence-electron chi connectivity index (χ4n) is 2.62. The first-order valence-electron chi connectivity index (χ1n) is 7.13. The van der Waals surface area contributed by atoms with Gasteiger partial charge in [0.1, 0.15) is 0 Å². The van der Waals surface area contributed by atoms with E-state index in [1.807, 2.05) is 12.1 Å². The summed E-state index contributed by atoms with van der Waals surface area (Å²) < 4.78 is 0. The van der Waals surface area contributed by atoms with Gasteiger partial charge in [-0.2, -0.15) is 0 Å². The Labute approximate surface area is 117 Å². The molecular weight excluding hydrogens is 242 g/mol. The van der Waals surface area contributed by atoms with E-state index >= 15 is 0 Å². The molecule has 1 N–H and O–H groups in total. The van der Waals surface area contributed by atoms with Crippen molar-refractivity contribution in [2.45, 2.75) is 59.0 Å². The van der Waals surface area contributed by atoms with Crippen LogP contribution in [0.25, 0.3) is 0 Å². The van der Waals surface area contributed by atoms with E-state index in [9.17, 15) is 0 Å². The van der Waals surface area contributed by atoms with Crippen molar-refractivity contribution < 1.29 is 0 Å². The summed E-state index contributed by atoms with van der Waals surface area (Å²) in [5.74, 6) is 0.748. The normalized spacial score (nSPS) is 14.8. The molecule has 0 saturated carbocycles.